The van der Waals surface area contributed by atoms with Crippen LogP contribution >= 0.6 is 11.8 Å². The molecule has 1 aromatic rings. The van der Waals surface area contributed by atoms with Crippen molar-refractivity contribution in [2.24, 2.45) is 0 Å². The summed E-state index contributed by atoms with van der Waals surface area (Å²) in [6, 6.07) is 8.52. The van der Waals surface area contributed by atoms with Crippen molar-refractivity contribution in [3.63, 3.8) is 0 Å². The predicted molar refractivity (Wildman–Crippen MR) is 82.5 cm³/mol. The molecule has 1 saturated carbocycles. The summed E-state index contributed by atoms with van der Waals surface area (Å²) in [5.74, 6) is 0. The average molecular weight is 317 g/mol. The summed E-state index contributed by atoms with van der Waals surface area (Å²) in [6.45, 7) is 0. The van der Waals surface area contributed by atoms with E-state index in [1.807, 2.05) is 17.8 Å². The highest BCUT2D eigenvalue weighted by Gasteiger charge is 2.34. The van der Waals surface area contributed by atoms with Crippen LogP contribution in [0.4, 0.5) is 13.2 Å². The minimum Gasteiger partial charge on any atom is -0.307 e. The summed E-state index contributed by atoms with van der Waals surface area (Å²) in [5, 5.41) is 3.83. The number of benzene rings is 1. The molecule has 3 atom stereocenters. The van der Waals surface area contributed by atoms with E-state index in [-0.39, 0.29) is 6.04 Å². The molecule has 21 heavy (non-hydrogen) atoms. The van der Waals surface area contributed by atoms with Crippen molar-refractivity contribution < 1.29 is 13.2 Å². The van der Waals surface area contributed by atoms with E-state index in [4.69, 9.17) is 0 Å². The van der Waals surface area contributed by atoms with Gasteiger partial charge in [-0.15, -0.1) is 0 Å². The highest BCUT2D eigenvalue weighted by Crippen LogP contribution is 2.33. The Morgan fingerprint density at radius 2 is 1.95 bits per heavy atom. The van der Waals surface area contributed by atoms with Gasteiger partial charge >= 0.3 is 6.18 Å². The number of alkyl halides is 3. The topological polar surface area (TPSA) is 12.0 Å². The molecule has 3 unspecified atom stereocenters. The van der Waals surface area contributed by atoms with E-state index < -0.39 is 18.6 Å². The average Bonchev–Trinajstić information content (AvgIpc) is 2.46. The number of hydrogen-bond acceptors (Lipinski definition) is 2. The van der Waals surface area contributed by atoms with E-state index in [1.165, 1.54) is 6.42 Å². The second-order valence-corrected chi connectivity index (χ2v) is 6.81. The third-order valence-corrected chi connectivity index (χ3v) is 5.13. The van der Waals surface area contributed by atoms with Gasteiger partial charge in [0, 0.05) is 17.3 Å². The molecule has 1 nitrogen and oxygen atoms in total. The van der Waals surface area contributed by atoms with Crippen LogP contribution in [-0.2, 0) is 0 Å². The molecule has 2 rings (SSSR count). The standard InChI is InChI=1S/C16H22F3NS/c1-21-14-9-5-8-13(10-14)20-15(11-16(17,18)19)12-6-3-2-4-7-12/h2-4,6-7,13-15,20H,5,8-11H2,1H3. The quantitative estimate of drug-likeness (QED) is 0.825. The lowest BCUT2D eigenvalue weighted by Gasteiger charge is -2.32. The molecule has 1 aliphatic rings. The Kier molecular flexibility index (Phi) is 5.99. The summed E-state index contributed by atoms with van der Waals surface area (Å²) in [4.78, 5) is 0. The summed E-state index contributed by atoms with van der Waals surface area (Å²) >= 11 is 1.82. The number of hydrogen-bond donors (Lipinski definition) is 1. The van der Waals surface area contributed by atoms with Gasteiger partial charge in [0.15, 0.2) is 0 Å². The minimum atomic E-state index is -4.15. The lowest BCUT2D eigenvalue weighted by molar-refractivity contribution is -0.141. The molecule has 0 aromatic heterocycles. The smallest absolute Gasteiger partial charge is 0.307 e. The van der Waals surface area contributed by atoms with Crippen molar-refractivity contribution in [1.29, 1.82) is 0 Å². The van der Waals surface area contributed by atoms with Crippen molar-refractivity contribution in [3.05, 3.63) is 35.9 Å². The molecular weight excluding hydrogens is 295 g/mol. The largest absolute Gasteiger partial charge is 0.390 e. The van der Waals surface area contributed by atoms with Gasteiger partial charge in [-0.3, -0.25) is 0 Å². The molecule has 118 valence electrons. The highest BCUT2D eigenvalue weighted by molar-refractivity contribution is 7.99. The molecule has 0 bridgehead atoms. The van der Waals surface area contributed by atoms with Crippen molar-refractivity contribution in [1.82, 2.24) is 5.32 Å². The maximum atomic E-state index is 12.8. The molecule has 5 heteroatoms. The second-order valence-electron chi connectivity index (χ2n) is 5.67. The number of rotatable bonds is 5. The molecule has 1 fully saturated rings. The highest BCUT2D eigenvalue weighted by atomic mass is 32.2. The first-order valence-electron chi connectivity index (χ1n) is 7.38. The van der Waals surface area contributed by atoms with E-state index >= 15 is 0 Å². The van der Waals surface area contributed by atoms with E-state index in [0.29, 0.717) is 5.25 Å². The normalized spacial score (nSPS) is 24.8. The summed E-state index contributed by atoms with van der Waals surface area (Å²) in [6.07, 6.45) is 1.32. The lowest BCUT2D eigenvalue weighted by atomic mass is 9.92. The molecule has 0 heterocycles. The molecular formula is C16H22F3NS. The fraction of sp³-hybridized carbons (Fsp3) is 0.625. The Morgan fingerprint density at radius 3 is 2.57 bits per heavy atom. The first-order chi connectivity index (χ1) is 9.98. The zero-order valence-electron chi connectivity index (χ0n) is 12.2. The second kappa shape index (κ2) is 7.54. The third-order valence-electron chi connectivity index (χ3n) is 4.03. The van der Waals surface area contributed by atoms with Crippen molar-refractivity contribution >= 4 is 11.8 Å². The summed E-state index contributed by atoms with van der Waals surface area (Å²) in [5.41, 5.74) is 0.723. The van der Waals surface area contributed by atoms with Crippen molar-refractivity contribution in [2.75, 3.05) is 6.26 Å². The Labute approximate surface area is 128 Å². The molecule has 1 aromatic carbocycles. The van der Waals surface area contributed by atoms with Crippen molar-refractivity contribution in [3.8, 4) is 0 Å². The van der Waals surface area contributed by atoms with E-state index in [2.05, 4.69) is 11.6 Å². The molecule has 1 N–H and O–H groups in total. The van der Waals surface area contributed by atoms with Gasteiger partial charge in [-0.05, 0) is 31.1 Å². The molecule has 0 radical (unpaired) electrons. The van der Waals surface area contributed by atoms with Gasteiger partial charge in [0.25, 0.3) is 0 Å². The minimum absolute atomic E-state index is 0.184. The monoisotopic (exact) mass is 317 g/mol. The molecule has 0 saturated heterocycles. The lowest BCUT2D eigenvalue weighted by Crippen LogP contribution is -2.39. The van der Waals surface area contributed by atoms with Crippen LogP contribution in [0.15, 0.2) is 30.3 Å². The van der Waals surface area contributed by atoms with Gasteiger partial charge in [0.2, 0.25) is 0 Å². The van der Waals surface area contributed by atoms with Crippen LogP contribution in [0.3, 0.4) is 0 Å². The maximum Gasteiger partial charge on any atom is 0.390 e. The summed E-state index contributed by atoms with van der Waals surface area (Å²) in [7, 11) is 0. The van der Waals surface area contributed by atoms with E-state index in [0.717, 1.165) is 24.8 Å². The van der Waals surface area contributed by atoms with Crippen LogP contribution < -0.4 is 5.32 Å². The van der Waals surface area contributed by atoms with Crippen LogP contribution in [0.2, 0.25) is 0 Å². The third kappa shape index (κ3) is 5.55. The maximum absolute atomic E-state index is 12.8. The Bertz CT molecular complexity index is 421. The van der Waals surface area contributed by atoms with E-state index in [9.17, 15) is 13.2 Å². The molecule has 0 amide bonds. The first kappa shape index (κ1) is 16.7. The van der Waals surface area contributed by atoms with Gasteiger partial charge in [-0.1, -0.05) is 36.8 Å². The van der Waals surface area contributed by atoms with Gasteiger partial charge in [0.1, 0.15) is 0 Å². The number of halogens is 3. The zero-order valence-corrected chi connectivity index (χ0v) is 13.0. The van der Waals surface area contributed by atoms with Gasteiger partial charge in [0.05, 0.1) is 6.42 Å². The number of thioether (sulfide) groups is 1. The van der Waals surface area contributed by atoms with Crippen LogP contribution in [-0.4, -0.2) is 23.7 Å². The summed E-state index contributed by atoms with van der Waals surface area (Å²) < 4.78 is 38.5. The van der Waals surface area contributed by atoms with Gasteiger partial charge in [-0.2, -0.15) is 24.9 Å². The molecule has 1 aliphatic carbocycles. The zero-order chi connectivity index (χ0) is 15.3. The Balaban J connectivity index is 2.05. The molecule has 0 spiro atoms. The fourth-order valence-corrected chi connectivity index (χ4v) is 3.81. The van der Waals surface area contributed by atoms with Gasteiger partial charge in [-0.25, -0.2) is 0 Å². The molecule has 0 aliphatic heterocycles. The predicted octanol–water partition coefficient (Wildman–Crippen LogP) is 4.94. The SMILES string of the molecule is CSC1CCCC(NC(CC(F)(F)F)c2ccccc2)C1. The van der Waals surface area contributed by atoms with Crippen LogP contribution in [0, 0.1) is 0 Å². The Morgan fingerprint density at radius 1 is 1.24 bits per heavy atom. The van der Waals surface area contributed by atoms with Crippen LogP contribution in [0.25, 0.3) is 0 Å². The van der Waals surface area contributed by atoms with Crippen LogP contribution in [0.1, 0.15) is 43.7 Å². The van der Waals surface area contributed by atoms with Gasteiger partial charge < -0.3 is 5.32 Å². The number of nitrogens with one attached hydrogen (secondary N) is 1. The van der Waals surface area contributed by atoms with Crippen molar-refractivity contribution in [2.45, 2.75) is 55.6 Å². The Hall–Kier alpha value is -0.680. The fourth-order valence-electron chi connectivity index (χ4n) is 2.98. The first-order valence-corrected chi connectivity index (χ1v) is 8.67. The van der Waals surface area contributed by atoms with Crippen LogP contribution in [0.5, 0.6) is 0 Å². The van der Waals surface area contributed by atoms with E-state index in [1.54, 1.807) is 24.3 Å².